The van der Waals surface area contributed by atoms with Crippen LogP contribution in [0.2, 0.25) is 0 Å². The van der Waals surface area contributed by atoms with Gasteiger partial charge in [0, 0.05) is 0 Å². The highest BCUT2D eigenvalue weighted by Crippen LogP contribution is 2.25. The molecule has 0 N–H and O–H groups in total. The highest BCUT2D eigenvalue weighted by molar-refractivity contribution is 5.13. The summed E-state index contributed by atoms with van der Waals surface area (Å²) in [6, 6.07) is 10.1. The van der Waals surface area contributed by atoms with Gasteiger partial charge >= 0.3 is 0 Å². The lowest BCUT2D eigenvalue weighted by Crippen LogP contribution is -2.43. The van der Waals surface area contributed by atoms with Crippen LogP contribution in [0, 0.1) is 0 Å². The predicted octanol–water partition coefficient (Wildman–Crippen LogP) is 2.91. The Balaban J connectivity index is 1.81. The summed E-state index contributed by atoms with van der Waals surface area (Å²) in [5.41, 5.74) is 2.09. The zero-order valence-corrected chi connectivity index (χ0v) is 11.0. The molecule has 1 fully saturated rings. The Labute approximate surface area is 108 Å². The molecule has 0 aromatic heterocycles. The lowest BCUT2D eigenvalue weighted by atomic mass is 10.1. The van der Waals surface area contributed by atoms with E-state index in [1.165, 1.54) is 0 Å². The molecule has 1 aromatic carbocycles. The van der Waals surface area contributed by atoms with Gasteiger partial charge in [0.25, 0.3) is 0 Å². The molecule has 1 aromatic rings. The first-order valence-corrected chi connectivity index (χ1v) is 6.18. The highest BCUT2D eigenvalue weighted by atomic mass is 16.7. The minimum absolute atomic E-state index is 0.0857. The van der Waals surface area contributed by atoms with Crippen LogP contribution < -0.4 is 0 Å². The van der Waals surface area contributed by atoms with E-state index in [1.807, 2.05) is 44.2 Å². The second-order valence-electron chi connectivity index (χ2n) is 4.95. The average Bonchev–Trinajstić information content (AvgIpc) is 2.35. The van der Waals surface area contributed by atoms with Crippen LogP contribution >= 0.6 is 0 Å². The summed E-state index contributed by atoms with van der Waals surface area (Å²) in [7, 11) is 0. The van der Waals surface area contributed by atoms with Gasteiger partial charge < -0.3 is 14.2 Å². The van der Waals surface area contributed by atoms with E-state index in [2.05, 4.69) is 6.58 Å². The first kappa shape index (κ1) is 13.3. The summed E-state index contributed by atoms with van der Waals surface area (Å²) in [6.07, 6.45) is -0.0857. The van der Waals surface area contributed by atoms with Gasteiger partial charge in [-0.25, -0.2) is 0 Å². The Hall–Kier alpha value is -1.16. The molecule has 0 amide bonds. The third-order valence-corrected chi connectivity index (χ3v) is 2.87. The molecule has 3 nitrogen and oxygen atoms in total. The van der Waals surface area contributed by atoms with Crippen molar-refractivity contribution < 1.29 is 14.2 Å². The Kier molecular flexibility index (Phi) is 4.17. The third-order valence-electron chi connectivity index (χ3n) is 2.87. The zero-order chi connectivity index (χ0) is 13.0. The minimum Gasteiger partial charge on any atom is -0.374 e. The topological polar surface area (TPSA) is 27.7 Å². The van der Waals surface area contributed by atoms with Gasteiger partial charge in [-0.15, -0.1) is 0 Å². The predicted molar refractivity (Wildman–Crippen MR) is 70.1 cm³/mol. The maximum atomic E-state index is 5.78. The molecule has 1 heterocycles. The van der Waals surface area contributed by atoms with E-state index in [-0.39, 0.29) is 6.10 Å². The van der Waals surface area contributed by atoms with Gasteiger partial charge in [0.1, 0.15) is 6.10 Å². The molecule has 0 aliphatic carbocycles. The average molecular weight is 248 g/mol. The summed E-state index contributed by atoms with van der Waals surface area (Å²) < 4.78 is 17.0. The third kappa shape index (κ3) is 3.67. The van der Waals surface area contributed by atoms with Gasteiger partial charge in [0.15, 0.2) is 5.79 Å². The molecule has 1 saturated heterocycles. The molecular formula is C15H20O3. The fraction of sp³-hybridized carbons (Fsp3) is 0.467. The Morgan fingerprint density at radius 3 is 2.78 bits per heavy atom. The van der Waals surface area contributed by atoms with E-state index in [9.17, 15) is 0 Å². The first-order chi connectivity index (χ1) is 8.57. The summed E-state index contributed by atoms with van der Waals surface area (Å²) in [4.78, 5) is 0. The van der Waals surface area contributed by atoms with E-state index in [0.717, 1.165) is 11.1 Å². The molecule has 18 heavy (non-hydrogen) atoms. The Bertz CT molecular complexity index is 397. The van der Waals surface area contributed by atoms with Crippen molar-refractivity contribution in [3.63, 3.8) is 0 Å². The van der Waals surface area contributed by atoms with Crippen LogP contribution in [0.15, 0.2) is 42.5 Å². The molecule has 0 bridgehead atoms. The number of ether oxygens (including phenoxy) is 3. The number of benzene rings is 1. The molecular weight excluding hydrogens is 228 g/mol. The van der Waals surface area contributed by atoms with Gasteiger partial charge in [0.05, 0.1) is 19.8 Å². The SMILES string of the molecule is C=C1COC(C)(C)O[C@H]1COCc1ccccc1. The number of hydrogen-bond acceptors (Lipinski definition) is 3. The van der Waals surface area contributed by atoms with Crippen LogP contribution in [-0.2, 0) is 20.8 Å². The van der Waals surface area contributed by atoms with E-state index in [1.54, 1.807) is 0 Å². The molecule has 1 aliphatic heterocycles. The normalized spacial score (nSPS) is 23.0. The maximum Gasteiger partial charge on any atom is 0.164 e. The Morgan fingerprint density at radius 2 is 2.06 bits per heavy atom. The van der Waals surface area contributed by atoms with Gasteiger partial charge in [0.2, 0.25) is 0 Å². The number of rotatable bonds is 4. The van der Waals surface area contributed by atoms with Crippen LogP contribution in [0.25, 0.3) is 0 Å². The van der Waals surface area contributed by atoms with Crippen molar-refractivity contribution in [2.24, 2.45) is 0 Å². The second kappa shape index (κ2) is 5.65. The minimum atomic E-state index is -0.554. The van der Waals surface area contributed by atoms with Crippen LogP contribution in [-0.4, -0.2) is 25.1 Å². The maximum absolute atomic E-state index is 5.78. The van der Waals surface area contributed by atoms with Crippen LogP contribution in [0.3, 0.4) is 0 Å². The van der Waals surface area contributed by atoms with E-state index >= 15 is 0 Å². The van der Waals surface area contributed by atoms with Gasteiger partial charge in [-0.1, -0.05) is 36.9 Å². The molecule has 0 saturated carbocycles. The monoisotopic (exact) mass is 248 g/mol. The zero-order valence-electron chi connectivity index (χ0n) is 11.0. The smallest absolute Gasteiger partial charge is 0.164 e. The van der Waals surface area contributed by atoms with Gasteiger partial charge in [-0.3, -0.25) is 0 Å². The molecule has 2 rings (SSSR count). The molecule has 1 atom stereocenters. The lowest BCUT2D eigenvalue weighted by molar-refractivity contribution is -0.259. The van der Waals surface area contributed by atoms with Gasteiger partial charge in [-0.2, -0.15) is 0 Å². The van der Waals surface area contributed by atoms with Crippen molar-refractivity contribution in [2.45, 2.75) is 32.3 Å². The molecule has 1 aliphatic rings. The van der Waals surface area contributed by atoms with Gasteiger partial charge in [-0.05, 0) is 25.0 Å². The van der Waals surface area contributed by atoms with E-state index < -0.39 is 5.79 Å². The summed E-state index contributed by atoms with van der Waals surface area (Å²) >= 11 is 0. The number of hydrogen-bond donors (Lipinski definition) is 0. The lowest BCUT2D eigenvalue weighted by Gasteiger charge is -2.37. The molecule has 98 valence electrons. The van der Waals surface area contributed by atoms with Crippen molar-refractivity contribution in [1.82, 2.24) is 0 Å². The van der Waals surface area contributed by atoms with Crippen molar-refractivity contribution >= 4 is 0 Å². The molecule has 0 radical (unpaired) electrons. The molecule has 0 spiro atoms. The largest absolute Gasteiger partial charge is 0.374 e. The fourth-order valence-corrected chi connectivity index (χ4v) is 1.83. The fourth-order valence-electron chi connectivity index (χ4n) is 1.83. The Morgan fingerprint density at radius 1 is 1.33 bits per heavy atom. The van der Waals surface area contributed by atoms with Crippen LogP contribution in [0.5, 0.6) is 0 Å². The standard InChI is InChI=1S/C15H20O3/c1-12-9-17-15(2,3)18-14(12)11-16-10-13-7-5-4-6-8-13/h4-8,14H,1,9-11H2,2-3H3/t14-/m0/s1. The molecule has 3 heteroatoms. The highest BCUT2D eigenvalue weighted by Gasteiger charge is 2.31. The van der Waals surface area contributed by atoms with Crippen LogP contribution in [0.4, 0.5) is 0 Å². The first-order valence-electron chi connectivity index (χ1n) is 6.18. The van der Waals surface area contributed by atoms with Crippen molar-refractivity contribution in [1.29, 1.82) is 0 Å². The summed E-state index contributed by atoms with van der Waals surface area (Å²) in [5, 5.41) is 0. The summed E-state index contributed by atoms with van der Waals surface area (Å²) in [5.74, 6) is -0.554. The van der Waals surface area contributed by atoms with Crippen molar-refractivity contribution in [3.05, 3.63) is 48.0 Å². The summed E-state index contributed by atoms with van der Waals surface area (Å²) in [6.45, 7) is 9.41. The second-order valence-corrected chi connectivity index (χ2v) is 4.95. The van der Waals surface area contributed by atoms with Crippen LogP contribution in [0.1, 0.15) is 19.4 Å². The van der Waals surface area contributed by atoms with Crippen molar-refractivity contribution in [3.8, 4) is 0 Å². The van der Waals surface area contributed by atoms with E-state index in [4.69, 9.17) is 14.2 Å². The van der Waals surface area contributed by atoms with Crippen molar-refractivity contribution in [2.75, 3.05) is 13.2 Å². The quantitative estimate of drug-likeness (QED) is 0.767. The molecule has 0 unspecified atom stereocenters. The van der Waals surface area contributed by atoms with E-state index in [0.29, 0.717) is 19.8 Å².